The van der Waals surface area contributed by atoms with Gasteiger partial charge in [-0.05, 0) is 51.9 Å². The molecule has 1 saturated heterocycles. The molecule has 2 rings (SSSR count). The molecule has 0 saturated carbocycles. The normalized spacial score (nSPS) is 22.7. The van der Waals surface area contributed by atoms with Crippen molar-refractivity contribution in [3.63, 3.8) is 0 Å². The lowest BCUT2D eigenvalue weighted by atomic mass is 9.94. The lowest BCUT2D eigenvalue weighted by Gasteiger charge is -2.34. The molecule has 0 aliphatic carbocycles. The Labute approximate surface area is 130 Å². The molecular formula is C18H31N3. The van der Waals surface area contributed by atoms with Crippen LogP contribution in [-0.2, 0) is 0 Å². The third-order valence-electron chi connectivity index (χ3n) is 4.77. The number of hydrogen-bond donors (Lipinski definition) is 1. The fraction of sp³-hybridized carbons (Fsp3) is 0.667. The lowest BCUT2D eigenvalue weighted by Crippen LogP contribution is -2.41. The maximum absolute atomic E-state index is 6.45. The number of hydrogen-bond acceptors (Lipinski definition) is 3. The van der Waals surface area contributed by atoms with E-state index in [4.69, 9.17) is 5.73 Å². The zero-order chi connectivity index (χ0) is 15.4. The minimum atomic E-state index is 0.191. The Balaban J connectivity index is 2.11. The number of nitrogens with zero attached hydrogens (tertiary/aromatic N) is 2. The van der Waals surface area contributed by atoms with Crippen LogP contribution in [0.15, 0.2) is 24.3 Å². The van der Waals surface area contributed by atoms with Gasteiger partial charge in [-0.3, -0.25) is 4.90 Å². The Bertz CT molecular complexity index is 446. The van der Waals surface area contributed by atoms with Crippen molar-refractivity contribution in [3.05, 3.63) is 35.4 Å². The van der Waals surface area contributed by atoms with Gasteiger partial charge in [0, 0.05) is 25.2 Å². The van der Waals surface area contributed by atoms with E-state index in [2.05, 4.69) is 62.0 Å². The fourth-order valence-electron chi connectivity index (χ4n) is 3.60. The molecule has 3 atom stereocenters. The van der Waals surface area contributed by atoms with E-state index in [0.717, 1.165) is 18.9 Å². The van der Waals surface area contributed by atoms with E-state index in [9.17, 15) is 0 Å². The Kier molecular flexibility index (Phi) is 5.80. The van der Waals surface area contributed by atoms with E-state index < -0.39 is 0 Å². The molecule has 1 aromatic rings. The highest BCUT2D eigenvalue weighted by atomic mass is 15.2. The molecule has 0 spiro atoms. The van der Waals surface area contributed by atoms with Gasteiger partial charge >= 0.3 is 0 Å². The molecule has 1 heterocycles. The van der Waals surface area contributed by atoms with Crippen LogP contribution in [0.4, 0.5) is 0 Å². The molecule has 1 aromatic carbocycles. The predicted octanol–water partition coefficient (Wildman–Crippen LogP) is 2.66. The third kappa shape index (κ3) is 4.29. The second kappa shape index (κ2) is 7.39. The number of likely N-dealkylation sites (tertiary alicyclic amines) is 1. The van der Waals surface area contributed by atoms with Crippen LogP contribution < -0.4 is 5.73 Å². The monoisotopic (exact) mass is 289 g/mol. The molecule has 1 aliphatic heterocycles. The number of nitrogens with two attached hydrogens (primary N) is 1. The molecule has 0 aromatic heterocycles. The highest BCUT2D eigenvalue weighted by Gasteiger charge is 2.27. The minimum absolute atomic E-state index is 0.191. The van der Waals surface area contributed by atoms with Crippen molar-refractivity contribution in [2.45, 2.75) is 38.8 Å². The summed E-state index contributed by atoms with van der Waals surface area (Å²) in [4.78, 5) is 4.91. The van der Waals surface area contributed by atoms with Crippen molar-refractivity contribution >= 4 is 0 Å². The molecular weight excluding hydrogens is 258 g/mol. The number of aryl methyl sites for hydroxylation is 1. The Hall–Kier alpha value is -0.900. The summed E-state index contributed by atoms with van der Waals surface area (Å²) in [5, 5.41) is 0. The molecule has 2 N–H and O–H groups in total. The second-order valence-electron chi connectivity index (χ2n) is 6.79. The highest BCUT2D eigenvalue weighted by Crippen LogP contribution is 2.27. The average molecular weight is 289 g/mol. The lowest BCUT2D eigenvalue weighted by molar-refractivity contribution is 0.180. The van der Waals surface area contributed by atoms with Crippen molar-refractivity contribution in [1.82, 2.24) is 9.80 Å². The van der Waals surface area contributed by atoms with Crippen LogP contribution in [0.1, 0.15) is 36.9 Å². The van der Waals surface area contributed by atoms with Crippen LogP contribution in [-0.4, -0.2) is 49.6 Å². The van der Waals surface area contributed by atoms with Gasteiger partial charge in [0.25, 0.3) is 0 Å². The SMILES string of the molecule is CCC(N)C(c1cccc(C)c1)N(C)CC1CCN(C)C1. The van der Waals surface area contributed by atoms with E-state index in [1.807, 2.05) is 0 Å². The highest BCUT2D eigenvalue weighted by molar-refractivity contribution is 5.26. The van der Waals surface area contributed by atoms with Gasteiger partial charge in [-0.1, -0.05) is 36.8 Å². The van der Waals surface area contributed by atoms with Crippen LogP contribution in [0.3, 0.4) is 0 Å². The zero-order valence-corrected chi connectivity index (χ0v) is 14.0. The number of rotatable bonds is 6. The van der Waals surface area contributed by atoms with Crippen LogP contribution in [0.2, 0.25) is 0 Å². The first-order chi connectivity index (χ1) is 10.0. The summed E-state index contributed by atoms with van der Waals surface area (Å²) in [6.07, 6.45) is 2.32. The van der Waals surface area contributed by atoms with Gasteiger partial charge in [0.2, 0.25) is 0 Å². The molecule has 3 unspecified atom stereocenters. The summed E-state index contributed by atoms with van der Waals surface area (Å²) < 4.78 is 0. The summed E-state index contributed by atoms with van der Waals surface area (Å²) in [6, 6.07) is 9.33. The molecule has 3 nitrogen and oxygen atoms in total. The van der Waals surface area contributed by atoms with E-state index >= 15 is 0 Å². The van der Waals surface area contributed by atoms with Gasteiger partial charge < -0.3 is 10.6 Å². The van der Waals surface area contributed by atoms with Crippen LogP contribution in [0, 0.1) is 12.8 Å². The maximum Gasteiger partial charge on any atom is 0.0496 e. The molecule has 21 heavy (non-hydrogen) atoms. The summed E-state index contributed by atoms with van der Waals surface area (Å²) in [5.74, 6) is 0.774. The third-order valence-corrected chi connectivity index (χ3v) is 4.77. The Morgan fingerprint density at radius 2 is 2.19 bits per heavy atom. The van der Waals surface area contributed by atoms with Crippen molar-refractivity contribution in [1.29, 1.82) is 0 Å². The van der Waals surface area contributed by atoms with Crippen LogP contribution >= 0.6 is 0 Å². The largest absolute Gasteiger partial charge is 0.326 e. The summed E-state index contributed by atoms with van der Waals surface area (Å²) in [6.45, 7) is 7.92. The van der Waals surface area contributed by atoms with E-state index in [-0.39, 0.29) is 6.04 Å². The Morgan fingerprint density at radius 3 is 2.76 bits per heavy atom. The molecule has 0 amide bonds. The molecule has 0 bridgehead atoms. The van der Waals surface area contributed by atoms with Crippen LogP contribution in [0.5, 0.6) is 0 Å². The number of benzene rings is 1. The second-order valence-corrected chi connectivity index (χ2v) is 6.79. The molecule has 118 valence electrons. The quantitative estimate of drug-likeness (QED) is 0.874. The van der Waals surface area contributed by atoms with E-state index in [0.29, 0.717) is 6.04 Å². The first kappa shape index (κ1) is 16.5. The summed E-state index contributed by atoms with van der Waals surface area (Å²) >= 11 is 0. The van der Waals surface area contributed by atoms with Gasteiger partial charge in [0.05, 0.1) is 0 Å². The van der Waals surface area contributed by atoms with Gasteiger partial charge in [-0.25, -0.2) is 0 Å². The Morgan fingerprint density at radius 1 is 1.43 bits per heavy atom. The van der Waals surface area contributed by atoms with Crippen molar-refractivity contribution in [2.24, 2.45) is 11.7 Å². The van der Waals surface area contributed by atoms with Crippen molar-refractivity contribution in [3.8, 4) is 0 Å². The minimum Gasteiger partial charge on any atom is -0.326 e. The molecule has 1 aliphatic rings. The average Bonchev–Trinajstić information content (AvgIpc) is 2.84. The zero-order valence-electron chi connectivity index (χ0n) is 14.0. The van der Waals surface area contributed by atoms with Crippen molar-refractivity contribution in [2.75, 3.05) is 33.7 Å². The smallest absolute Gasteiger partial charge is 0.0496 e. The van der Waals surface area contributed by atoms with Gasteiger partial charge in [0.15, 0.2) is 0 Å². The van der Waals surface area contributed by atoms with Gasteiger partial charge in [0.1, 0.15) is 0 Å². The standard InChI is InChI=1S/C18H31N3/c1-5-17(19)18(16-8-6-7-14(2)11-16)21(4)13-15-9-10-20(3)12-15/h6-8,11,15,17-18H,5,9-10,12-13,19H2,1-4H3. The number of likely N-dealkylation sites (N-methyl/N-ethyl adjacent to an activating group) is 1. The van der Waals surface area contributed by atoms with E-state index in [1.54, 1.807) is 0 Å². The van der Waals surface area contributed by atoms with Gasteiger partial charge in [-0.2, -0.15) is 0 Å². The van der Waals surface area contributed by atoms with Crippen LogP contribution in [0.25, 0.3) is 0 Å². The fourth-order valence-corrected chi connectivity index (χ4v) is 3.60. The molecule has 3 heteroatoms. The van der Waals surface area contributed by atoms with Crippen molar-refractivity contribution < 1.29 is 0 Å². The first-order valence-corrected chi connectivity index (χ1v) is 8.22. The summed E-state index contributed by atoms with van der Waals surface area (Å²) in [5.41, 5.74) is 9.12. The maximum atomic E-state index is 6.45. The first-order valence-electron chi connectivity index (χ1n) is 8.22. The van der Waals surface area contributed by atoms with Gasteiger partial charge in [-0.15, -0.1) is 0 Å². The molecule has 1 fully saturated rings. The van der Waals surface area contributed by atoms with E-state index in [1.165, 1.54) is 30.6 Å². The predicted molar refractivity (Wildman–Crippen MR) is 90.4 cm³/mol. The summed E-state index contributed by atoms with van der Waals surface area (Å²) in [7, 11) is 4.46. The molecule has 0 radical (unpaired) electrons. The topological polar surface area (TPSA) is 32.5 Å².